The SMILES string of the molecule is CC(C)CC(=O)N1CCC(c2nc3cccnc3n2C)C1. The average Bonchev–Trinajstić information content (AvgIpc) is 3.04. The summed E-state index contributed by atoms with van der Waals surface area (Å²) in [5.41, 5.74) is 1.85. The van der Waals surface area contributed by atoms with Crippen LogP contribution < -0.4 is 0 Å². The smallest absolute Gasteiger partial charge is 0.222 e. The van der Waals surface area contributed by atoms with Crippen molar-refractivity contribution in [3.63, 3.8) is 0 Å². The second kappa shape index (κ2) is 5.47. The third-order valence-corrected chi connectivity index (χ3v) is 4.15. The number of aromatic nitrogens is 3. The van der Waals surface area contributed by atoms with Crippen molar-refractivity contribution in [3.05, 3.63) is 24.2 Å². The molecule has 0 bridgehead atoms. The molecule has 5 nitrogen and oxygen atoms in total. The van der Waals surface area contributed by atoms with Gasteiger partial charge in [-0.15, -0.1) is 0 Å². The third-order valence-electron chi connectivity index (χ3n) is 4.15. The maximum atomic E-state index is 12.2. The lowest BCUT2D eigenvalue weighted by molar-refractivity contribution is -0.130. The van der Waals surface area contributed by atoms with Crippen LogP contribution in [0.25, 0.3) is 11.2 Å². The first-order valence-electron chi connectivity index (χ1n) is 7.61. The number of imidazole rings is 1. The van der Waals surface area contributed by atoms with Crippen LogP contribution in [0.2, 0.25) is 0 Å². The highest BCUT2D eigenvalue weighted by molar-refractivity contribution is 5.77. The summed E-state index contributed by atoms with van der Waals surface area (Å²) < 4.78 is 2.07. The number of pyridine rings is 1. The van der Waals surface area contributed by atoms with Crippen LogP contribution in [0, 0.1) is 5.92 Å². The Morgan fingerprint density at radius 2 is 2.29 bits per heavy atom. The van der Waals surface area contributed by atoms with Crippen molar-refractivity contribution in [3.8, 4) is 0 Å². The van der Waals surface area contributed by atoms with Gasteiger partial charge < -0.3 is 9.47 Å². The molecule has 0 radical (unpaired) electrons. The number of carbonyl (C=O) groups is 1. The lowest BCUT2D eigenvalue weighted by Crippen LogP contribution is -2.29. The fourth-order valence-corrected chi connectivity index (χ4v) is 3.08. The van der Waals surface area contributed by atoms with Crippen LogP contribution in [-0.2, 0) is 11.8 Å². The molecule has 1 amide bonds. The van der Waals surface area contributed by atoms with E-state index in [1.165, 1.54) is 0 Å². The minimum atomic E-state index is 0.268. The standard InChI is InChI=1S/C16H22N4O/c1-11(2)9-14(21)20-8-6-12(10-20)15-18-13-5-4-7-17-16(13)19(15)3/h4-5,7,11-12H,6,8-10H2,1-3H3. The zero-order chi connectivity index (χ0) is 15.0. The fourth-order valence-electron chi connectivity index (χ4n) is 3.08. The molecule has 0 N–H and O–H groups in total. The van der Waals surface area contributed by atoms with Crippen molar-refractivity contribution in [1.82, 2.24) is 19.4 Å². The van der Waals surface area contributed by atoms with Crippen molar-refractivity contribution in [2.75, 3.05) is 13.1 Å². The van der Waals surface area contributed by atoms with E-state index >= 15 is 0 Å². The average molecular weight is 286 g/mol. The molecular weight excluding hydrogens is 264 g/mol. The van der Waals surface area contributed by atoms with Gasteiger partial charge in [0, 0.05) is 38.7 Å². The Morgan fingerprint density at radius 1 is 1.48 bits per heavy atom. The number of aryl methyl sites for hydroxylation is 1. The van der Waals surface area contributed by atoms with Crippen LogP contribution in [0.4, 0.5) is 0 Å². The fraction of sp³-hybridized carbons (Fsp3) is 0.562. The summed E-state index contributed by atoms with van der Waals surface area (Å²) in [7, 11) is 2.01. The number of rotatable bonds is 3. The normalized spacial score (nSPS) is 18.9. The minimum Gasteiger partial charge on any atom is -0.342 e. The maximum absolute atomic E-state index is 12.2. The van der Waals surface area contributed by atoms with Crippen LogP contribution in [0.15, 0.2) is 18.3 Å². The summed E-state index contributed by atoms with van der Waals surface area (Å²) in [5, 5.41) is 0. The Morgan fingerprint density at radius 3 is 3.00 bits per heavy atom. The van der Waals surface area contributed by atoms with E-state index < -0.39 is 0 Å². The van der Waals surface area contributed by atoms with Crippen LogP contribution in [0.5, 0.6) is 0 Å². The van der Waals surface area contributed by atoms with Gasteiger partial charge in [-0.05, 0) is 24.5 Å². The number of nitrogens with zero attached hydrogens (tertiary/aromatic N) is 4. The van der Waals surface area contributed by atoms with E-state index in [1.807, 2.05) is 24.1 Å². The van der Waals surface area contributed by atoms with Gasteiger partial charge in [0.25, 0.3) is 0 Å². The van der Waals surface area contributed by atoms with E-state index in [-0.39, 0.29) is 5.91 Å². The van der Waals surface area contributed by atoms with Crippen molar-refractivity contribution >= 4 is 17.1 Å². The van der Waals surface area contributed by atoms with E-state index in [9.17, 15) is 4.79 Å². The molecule has 1 atom stereocenters. The van der Waals surface area contributed by atoms with Gasteiger partial charge >= 0.3 is 0 Å². The van der Waals surface area contributed by atoms with Crippen molar-refractivity contribution in [2.24, 2.45) is 13.0 Å². The quantitative estimate of drug-likeness (QED) is 0.870. The largest absolute Gasteiger partial charge is 0.342 e. The van der Waals surface area contributed by atoms with Gasteiger partial charge in [0.1, 0.15) is 11.3 Å². The van der Waals surface area contributed by atoms with Crippen molar-refractivity contribution < 1.29 is 4.79 Å². The Balaban J connectivity index is 1.79. The number of carbonyl (C=O) groups excluding carboxylic acids is 1. The predicted molar refractivity (Wildman–Crippen MR) is 81.9 cm³/mol. The van der Waals surface area contributed by atoms with Gasteiger partial charge in [0.15, 0.2) is 5.65 Å². The monoisotopic (exact) mass is 286 g/mol. The molecule has 3 rings (SSSR count). The lowest BCUT2D eigenvalue weighted by Gasteiger charge is -2.17. The highest BCUT2D eigenvalue weighted by atomic mass is 16.2. The third kappa shape index (κ3) is 2.64. The van der Waals surface area contributed by atoms with Crippen LogP contribution in [0.1, 0.15) is 38.4 Å². The summed E-state index contributed by atoms with van der Waals surface area (Å²) in [4.78, 5) is 23.3. The van der Waals surface area contributed by atoms with Crippen molar-refractivity contribution in [1.29, 1.82) is 0 Å². The highest BCUT2D eigenvalue weighted by Crippen LogP contribution is 2.28. The van der Waals surface area contributed by atoms with E-state index in [0.29, 0.717) is 18.3 Å². The van der Waals surface area contributed by atoms with Gasteiger partial charge in [-0.2, -0.15) is 0 Å². The summed E-state index contributed by atoms with van der Waals surface area (Å²) in [6, 6.07) is 3.90. The lowest BCUT2D eigenvalue weighted by atomic mass is 10.1. The molecule has 5 heteroatoms. The van der Waals surface area contributed by atoms with Crippen LogP contribution in [0.3, 0.4) is 0 Å². The second-order valence-electron chi connectivity index (χ2n) is 6.30. The van der Waals surface area contributed by atoms with Gasteiger partial charge in [-0.3, -0.25) is 4.79 Å². The zero-order valence-electron chi connectivity index (χ0n) is 12.9. The van der Waals surface area contributed by atoms with E-state index in [2.05, 4.69) is 23.4 Å². The van der Waals surface area contributed by atoms with Gasteiger partial charge in [-0.25, -0.2) is 9.97 Å². The molecule has 0 aliphatic carbocycles. The summed E-state index contributed by atoms with van der Waals surface area (Å²) in [5.74, 6) is 2.05. The molecule has 1 saturated heterocycles. The molecule has 2 aromatic heterocycles. The second-order valence-corrected chi connectivity index (χ2v) is 6.30. The van der Waals surface area contributed by atoms with Crippen LogP contribution in [-0.4, -0.2) is 38.4 Å². The molecule has 1 aliphatic rings. The number of hydrogen-bond donors (Lipinski definition) is 0. The first-order chi connectivity index (χ1) is 10.1. The molecule has 0 aromatic carbocycles. The van der Waals surface area contributed by atoms with E-state index in [0.717, 1.165) is 36.5 Å². The summed E-state index contributed by atoms with van der Waals surface area (Å²) in [6.45, 7) is 5.79. The van der Waals surface area contributed by atoms with Crippen LogP contribution >= 0.6 is 0 Å². The molecule has 1 aliphatic heterocycles. The Bertz CT molecular complexity index is 661. The molecule has 1 unspecified atom stereocenters. The van der Waals surface area contributed by atoms with E-state index in [1.54, 1.807) is 6.20 Å². The summed E-state index contributed by atoms with van der Waals surface area (Å²) >= 11 is 0. The minimum absolute atomic E-state index is 0.268. The number of fused-ring (bicyclic) bond motifs is 1. The Labute approximate surface area is 125 Å². The summed E-state index contributed by atoms with van der Waals surface area (Å²) in [6.07, 6.45) is 3.42. The maximum Gasteiger partial charge on any atom is 0.222 e. The molecule has 0 spiro atoms. The molecule has 21 heavy (non-hydrogen) atoms. The van der Waals surface area contributed by atoms with Gasteiger partial charge in [-0.1, -0.05) is 13.8 Å². The Kier molecular flexibility index (Phi) is 3.66. The first kappa shape index (κ1) is 14.0. The Hall–Kier alpha value is -1.91. The van der Waals surface area contributed by atoms with Gasteiger partial charge in [0.05, 0.1) is 0 Å². The predicted octanol–water partition coefficient (Wildman–Crippen LogP) is 2.33. The zero-order valence-corrected chi connectivity index (χ0v) is 12.9. The first-order valence-corrected chi connectivity index (χ1v) is 7.61. The molecular formula is C16H22N4O. The molecule has 3 heterocycles. The highest BCUT2D eigenvalue weighted by Gasteiger charge is 2.30. The topological polar surface area (TPSA) is 51.0 Å². The molecule has 0 saturated carbocycles. The molecule has 2 aromatic rings. The molecule has 112 valence electrons. The number of hydrogen-bond acceptors (Lipinski definition) is 3. The van der Waals surface area contributed by atoms with E-state index in [4.69, 9.17) is 4.98 Å². The number of amides is 1. The number of likely N-dealkylation sites (tertiary alicyclic amines) is 1. The van der Waals surface area contributed by atoms with Gasteiger partial charge in [0.2, 0.25) is 5.91 Å². The van der Waals surface area contributed by atoms with Crippen molar-refractivity contribution in [2.45, 2.75) is 32.6 Å². The molecule has 1 fully saturated rings.